The molecule has 5 heteroatoms. The molecule has 0 aliphatic carbocycles. The number of nitrogens with one attached hydrogen (secondary N) is 1. The van der Waals surface area contributed by atoms with E-state index < -0.39 is 12.1 Å². The summed E-state index contributed by atoms with van der Waals surface area (Å²) < 4.78 is 36.1. The van der Waals surface area contributed by atoms with Crippen LogP contribution in [0.25, 0.3) is 0 Å². The molecule has 11 heavy (non-hydrogen) atoms. The summed E-state index contributed by atoms with van der Waals surface area (Å²) in [5, 5.41) is 2.65. The zero-order chi connectivity index (χ0) is 8.48. The van der Waals surface area contributed by atoms with E-state index in [1.165, 1.54) is 0 Å². The fourth-order valence-corrected chi connectivity index (χ4v) is 1.22. The number of nitrogens with two attached hydrogens (primary N) is 1. The molecular weight excluding hydrogens is 157 g/mol. The third kappa shape index (κ3) is 2.34. The number of hydrogen-bond donors (Lipinski definition) is 2. The highest BCUT2D eigenvalue weighted by Gasteiger charge is 2.41. The highest BCUT2D eigenvalue weighted by molar-refractivity contribution is 4.82. The van der Waals surface area contributed by atoms with Crippen LogP contribution < -0.4 is 11.1 Å². The predicted molar refractivity (Wildman–Crippen MR) is 35.0 cm³/mol. The minimum absolute atomic E-state index is 0.0111. The Bertz CT molecular complexity index is 134. The van der Waals surface area contributed by atoms with Crippen LogP contribution >= 0.6 is 0 Å². The third-order valence-electron chi connectivity index (χ3n) is 1.85. The van der Waals surface area contributed by atoms with E-state index in [2.05, 4.69) is 5.32 Å². The summed E-state index contributed by atoms with van der Waals surface area (Å²) in [4.78, 5) is 0. The van der Waals surface area contributed by atoms with Gasteiger partial charge in [-0.1, -0.05) is 0 Å². The van der Waals surface area contributed by atoms with Gasteiger partial charge in [-0.15, -0.1) is 0 Å². The molecule has 1 fully saturated rings. The molecule has 0 radical (unpaired) electrons. The van der Waals surface area contributed by atoms with Crippen molar-refractivity contribution in [2.24, 2.45) is 11.7 Å². The molecule has 0 saturated carbocycles. The largest absolute Gasteiger partial charge is 0.393 e. The first-order valence-electron chi connectivity index (χ1n) is 3.53. The number of halogens is 3. The first-order chi connectivity index (χ1) is 5.00. The lowest BCUT2D eigenvalue weighted by Crippen LogP contribution is -2.48. The van der Waals surface area contributed by atoms with Crippen LogP contribution in [-0.4, -0.2) is 25.3 Å². The van der Waals surface area contributed by atoms with Gasteiger partial charge in [0, 0.05) is 19.1 Å². The first kappa shape index (κ1) is 8.80. The number of rotatable bonds is 0. The summed E-state index contributed by atoms with van der Waals surface area (Å²) in [6, 6.07) is -0.352. The standard InChI is InChI=1S/C6H11F3N2/c7-6(8,9)4-1-5(10)3-11-2-4/h4-5,11H,1-3,10H2. The van der Waals surface area contributed by atoms with Gasteiger partial charge in [-0.3, -0.25) is 0 Å². The second kappa shape index (κ2) is 2.98. The Balaban J connectivity index is 2.46. The van der Waals surface area contributed by atoms with Gasteiger partial charge in [0.2, 0.25) is 0 Å². The summed E-state index contributed by atoms with van der Waals surface area (Å²) in [5.74, 6) is -1.26. The van der Waals surface area contributed by atoms with E-state index in [-0.39, 0.29) is 19.0 Å². The van der Waals surface area contributed by atoms with Gasteiger partial charge >= 0.3 is 6.18 Å². The molecule has 0 aromatic heterocycles. The van der Waals surface area contributed by atoms with Crippen LogP contribution in [0.1, 0.15) is 6.42 Å². The zero-order valence-corrected chi connectivity index (χ0v) is 5.99. The van der Waals surface area contributed by atoms with E-state index in [0.29, 0.717) is 6.54 Å². The van der Waals surface area contributed by atoms with Crippen LogP contribution in [0.3, 0.4) is 0 Å². The molecule has 2 unspecified atom stereocenters. The van der Waals surface area contributed by atoms with Crippen LogP contribution in [0.4, 0.5) is 13.2 Å². The van der Waals surface area contributed by atoms with Crippen LogP contribution in [0.15, 0.2) is 0 Å². The van der Waals surface area contributed by atoms with E-state index in [1.807, 2.05) is 0 Å². The van der Waals surface area contributed by atoms with Crippen molar-refractivity contribution in [2.45, 2.75) is 18.6 Å². The van der Waals surface area contributed by atoms with Crippen molar-refractivity contribution in [1.29, 1.82) is 0 Å². The molecule has 1 aliphatic rings. The van der Waals surface area contributed by atoms with Gasteiger partial charge in [0.1, 0.15) is 0 Å². The molecule has 0 amide bonds. The summed E-state index contributed by atoms with van der Waals surface area (Å²) in [6.07, 6.45) is -4.04. The summed E-state index contributed by atoms with van der Waals surface area (Å²) in [6.45, 7) is 0.504. The maximum Gasteiger partial charge on any atom is 0.393 e. The molecule has 1 heterocycles. The lowest BCUT2D eigenvalue weighted by molar-refractivity contribution is -0.179. The van der Waals surface area contributed by atoms with Crippen molar-refractivity contribution >= 4 is 0 Å². The third-order valence-corrected chi connectivity index (χ3v) is 1.85. The van der Waals surface area contributed by atoms with Crippen molar-refractivity contribution in [3.05, 3.63) is 0 Å². The number of alkyl halides is 3. The fourth-order valence-electron chi connectivity index (χ4n) is 1.22. The predicted octanol–water partition coefficient (Wildman–Crippen LogP) is 0.485. The highest BCUT2D eigenvalue weighted by Crippen LogP contribution is 2.30. The monoisotopic (exact) mass is 168 g/mol. The van der Waals surface area contributed by atoms with Crippen molar-refractivity contribution in [2.75, 3.05) is 13.1 Å². The molecule has 1 saturated heterocycles. The first-order valence-corrected chi connectivity index (χ1v) is 3.53. The molecule has 0 spiro atoms. The lowest BCUT2D eigenvalue weighted by atomic mass is 9.96. The van der Waals surface area contributed by atoms with Crippen LogP contribution in [-0.2, 0) is 0 Å². The zero-order valence-electron chi connectivity index (χ0n) is 5.99. The maximum atomic E-state index is 12.0. The molecule has 1 aliphatic heterocycles. The minimum Gasteiger partial charge on any atom is -0.327 e. The fraction of sp³-hybridized carbons (Fsp3) is 1.00. The average molecular weight is 168 g/mol. The van der Waals surface area contributed by atoms with E-state index in [0.717, 1.165) is 0 Å². The highest BCUT2D eigenvalue weighted by atomic mass is 19.4. The second-order valence-electron chi connectivity index (χ2n) is 2.89. The molecule has 0 aromatic rings. The van der Waals surface area contributed by atoms with E-state index >= 15 is 0 Å². The summed E-state index contributed by atoms with van der Waals surface area (Å²) in [5.41, 5.74) is 5.36. The Labute approximate surface area is 62.9 Å². The smallest absolute Gasteiger partial charge is 0.327 e. The average Bonchev–Trinajstić information content (AvgIpc) is 1.86. The van der Waals surface area contributed by atoms with E-state index in [1.54, 1.807) is 0 Å². The Hall–Kier alpha value is -0.290. The molecule has 3 N–H and O–H groups in total. The SMILES string of the molecule is NC1CNCC(C(F)(F)F)C1. The molecule has 66 valence electrons. The molecule has 0 bridgehead atoms. The van der Waals surface area contributed by atoms with Gasteiger partial charge in [-0.2, -0.15) is 13.2 Å². The van der Waals surface area contributed by atoms with Crippen molar-refractivity contribution in [1.82, 2.24) is 5.32 Å². The van der Waals surface area contributed by atoms with Crippen LogP contribution in [0.2, 0.25) is 0 Å². The van der Waals surface area contributed by atoms with Crippen molar-refractivity contribution in [3.8, 4) is 0 Å². The molecule has 2 atom stereocenters. The van der Waals surface area contributed by atoms with Crippen LogP contribution in [0, 0.1) is 5.92 Å². The van der Waals surface area contributed by atoms with Gasteiger partial charge in [0.25, 0.3) is 0 Å². The molecule has 0 aromatic carbocycles. The summed E-state index contributed by atoms with van der Waals surface area (Å²) in [7, 11) is 0. The topological polar surface area (TPSA) is 38.0 Å². The van der Waals surface area contributed by atoms with E-state index in [4.69, 9.17) is 5.73 Å². The van der Waals surface area contributed by atoms with Gasteiger partial charge in [-0.25, -0.2) is 0 Å². The lowest BCUT2D eigenvalue weighted by Gasteiger charge is -2.28. The molecule has 2 nitrogen and oxygen atoms in total. The van der Waals surface area contributed by atoms with Crippen LogP contribution in [0.5, 0.6) is 0 Å². The van der Waals surface area contributed by atoms with Crippen molar-refractivity contribution in [3.63, 3.8) is 0 Å². The number of piperidine rings is 1. The number of hydrogen-bond acceptors (Lipinski definition) is 2. The summed E-state index contributed by atoms with van der Waals surface area (Å²) >= 11 is 0. The minimum atomic E-state index is -4.09. The Morgan fingerprint density at radius 1 is 1.27 bits per heavy atom. The van der Waals surface area contributed by atoms with Crippen molar-refractivity contribution < 1.29 is 13.2 Å². The molecular formula is C6H11F3N2. The van der Waals surface area contributed by atoms with Gasteiger partial charge in [-0.05, 0) is 6.42 Å². The maximum absolute atomic E-state index is 12.0. The Morgan fingerprint density at radius 3 is 2.27 bits per heavy atom. The Kier molecular flexibility index (Phi) is 2.39. The van der Waals surface area contributed by atoms with Gasteiger partial charge in [0.15, 0.2) is 0 Å². The quantitative estimate of drug-likeness (QED) is 0.552. The second-order valence-corrected chi connectivity index (χ2v) is 2.89. The van der Waals surface area contributed by atoms with E-state index in [9.17, 15) is 13.2 Å². The normalized spacial score (nSPS) is 33.8. The van der Waals surface area contributed by atoms with Gasteiger partial charge in [0.05, 0.1) is 5.92 Å². The van der Waals surface area contributed by atoms with Gasteiger partial charge < -0.3 is 11.1 Å². The Morgan fingerprint density at radius 2 is 1.91 bits per heavy atom. The molecule has 1 rings (SSSR count).